The van der Waals surface area contributed by atoms with Crippen molar-refractivity contribution in [3.63, 3.8) is 0 Å². The fourth-order valence-electron chi connectivity index (χ4n) is 1.12. The first-order valence-corrected chi connectivity index (χ1v) is 6.13. The van der Waals surface area contributed by atoms with E-state index in [4.69, 9.17) is 11.6 Å². The summed E-state index contributed by atoms with van der Waals surface area (Å²) in [5.41, 5.74) is 0.402. The second-order valence-electron chi connectivity index (χ2n) is 3.40. The Morgan fingerprint density at radius 3 is 2.94 bits per heavy atom. The van der Waals surface area contributed by atoms with Gasteiger partial charge in [-0.2, -0.15) is 0 Å². The molecule has 0 radical (unpaired) electrons. The number of halogens is 2. The Morgan fingerprint density at radius 2 is 2.31 bits per heavy atom. The largest absolute Gasteiger partial charge is 0.391 e. The monoisotopic (exact) mass is 305 g/mol. The average molecular weight is 307 g/mol. The van der Waals surface area contributed by atoms with Gasteiger partial charge in [-0.05, 0) is 24.6 Å². The van der Waals surface area contributed by atoms with Crippen LogP contribution in [0.1, 0.15) is 23.7 Å². The maximum absolute atomic E-state index is 11.7. The lowest BCUT2D eigenvalue weighted by Crippen LogP contribution is -2.31. The van der Waals surface area contributed by atoms with Gasteiger partial charge in [0, 0.05) is 11.0 Å². The zero-order valence-corrected chi connectivity index (χ0v) is 11.2. The average Bonchev–Trinajstić information content (AvgIpc) is 2.28. The first-order valence-electron chi connectivity index (χ1n) is 4.96. The van der Waals surface area contributed by atoms with Gasteiger partial charge in [0.2, 0.25) is 0 Å². The van der Waals surface area contributed by atoms with Gasteiger partial charge in [-0.15, -0.1) is 0 Å². The molecule has 16 heavy (non-hydrogen) atoms. The zero-order valence-electron chi connectivity index (χ0n) is 8.84. The second-order valence-corrected chi connectivity index (χ2v) is 4.72. The molecule has 1 unspecified atom stereocenters. The summed E-state index contributed by atoms with van der Waals surface area (Å²) in [7, 11) is 0. The highest BCUT2D eigenvalue weighted by Gasteiger charge is 2.11. The van der Waals surface area contributed by atoms with E-state index in [0.29, 0.717) is 17.0 Å². The van der Waals surface area contributed by atoms with E-state index in [2.05, 4.69) is 21.2 Å². The van der Waals surface area contributed by atoms with Gasteiger partial charge in [-0.25, -0.2) is 0 Å². The summed E-state index contributed by atoms with van der Waals surface area (Å²) in [4.78, 5) is 11.7. The predicted octanol–water partition coefficient (Wildman–Crippen LogP) is 2.60. The lowest BCUT2D eigenvalue weighted by molar-refractivity contribution is 0.0914. The van der Waals surface area contributed by atoms with Crippen molar-refractivity contribution in [2.45, 2.75) is 19.4 Å². The van der Waals surface area contributed by atoms with Crippen LogP contribution in [0.15, 0.2) is 22.7 Å². The van der Waals surface area contributed by atoms with Crippen molar-refractivity contribution in [3.05, 3.63) is 33.3 Å². The quantitative estimate of drug-likeness (QED) is 0.898. The molecule has 1 atom stereocenters. The van der Waals surface area contributed by atoms with Crippen LogP contribution in [0, 0.1) is 0 Å². The molecule has 3 nitrogen and oxygen atoms in total. The molecule has 1 aromatic rings. The Balaban J connectivity index is 2.69. The molecule has 1 amide bonds. The minimum atomic E-state index is -0.519. The Kier molecular flexibility index (Phi) is 5.25. The lowest BCUT2D eigenvalue weighted by atomic mass is 10.2. The molecule has 0 aliphatic carbocycles. The molecular weight excluding hydrogens is 293 g/mol. The van der Waals surface area contributed by atoms with Gasteiger partial charge in [0.25, 0.3) is 5.91 Å². The second kappa shape index (κ2) is 6.23. The molecule has 2 N–H and O–H groups in total. The summed E-state index contributed by atoms with van der Waals surface area (Å²) in [6.45, 7) is 2.08. The normalized spacial score (nSPS) is 12.2. The third-order valence-electron chi connectivity index (χ3n) is 2.14. The third kappa shape index (κ3) is 3.77. The minimum absolute atomic E-state index is 0.234. The Labute approximate surface area is 108 Å². The third-order valence-corrected chi connectivity index (χ3v) is 2.97. The van der Waals surface area contributed by atoms with E-state index in [-0.39, 0.29) is 12.5 Å². The number of hydrogen-bond acceptors (Lipinski definition) is 2. The van der Waals surface area contributed by atoms with Gasteiger partial charge >= 0.3 is 0 Å². The Bertz CT molecular complexity index is 384. The zero-order chi connectivity index (χ0) is 12.1. The molecule has 1 aromatic carbocycles. The van der Waals surface area contributed by atoms with E-state index in [9.17, 15) is 9.90 Å². The summed E-state index contributed by atoms with van der Waals surface area (Å²) >= 11 is 9.17. The van der Waals surface area contributed by atoms with E-state index in [1.54, 1.807) is 18.2 Å². The van der Waals surface area contributed by atoms with Crippen molar-refractivity contribution >= 4 is 33.4 Å². The van der Waals surface area contributed by atoms with Crippen LogP contribution in [0.5, 0.6) is 0 Å². The summed E-state index contributed by atoms with van der Waals surface area (Å²) in [6, 6.07) is 5.06. The standard InChI is InChI=1S/C11H13BrClNO2/c1-2-8(15)6-14-11(16)9-5-7(12)3-4-10(9)13/h3-5,8,15H,2,6H2,1H3,(H,14,16). The molecule has 0 heterocycles. The maximum atomic E-state index is 11.7. The molecule has 0 saturated carbocycles. The van der Waals surface area contributed by atoms with Crippen LogP contribution in [0.2, 0.25) is 5.02 Å². The summed E-state index contributed by atoms with van der Waals surface area (Å²) in [5, 5.41) is 12.3. The number of rotatable bonds is 4. The van der Waals surface area contributed by atoms with E-state index in [1.165, 1.54) is 0 Å². The van der Waals surface area contributed by atoms with Crippen LogP contribution >= 0.6 is 27.5 Å². The minimum Gasteiger partial charge on any atom is -0.391 e. The number of benzene rings is 1. The number of carbonyl (C=O) groups excluding carboxylic acids is 1. The van der Waals surface area contributed by atoms with Crippen LogP contribution in [0.25, 0.3) is 0 Å². The van der Waals surface area contributed by atoms with Crippen molar-refractivity contribution in [1.82, 2.24) is 5.32 Å². The number of hydrogen-bond donors (Lipinski definition) is 2. The van der Waals surface area contributed by atoms with Gasteiger partial charge in [0.05, 0.1) is 16.7 Å². The van der Waals surface area contributed by atoms with Crippen LogP contribution in [0.3, 0.4) is 0 Å². The van der Waals surface area contributed by atoms with Gasteiger partial charge in [0.15, 0.2) is 0 Å². The Hall–Kier alpha value is -0.580. The summed E-state index contributed by atoms with van der Waals surface area (Å²) in [5.74, 6) is -0.279. The highest BCUT2D eigenvalue weighted by Crippen LogP contribution is 2.20. The Morgan fingerprint density at radius 1 is 1.62 bits per heavy atom. The van der Waals surface area contributed by atoms with Gasteiger partial charge in [-0.1, -0.05) is 34.5 Å². The van der Waals surface area contributed by atoms with Crippen molar-refractivity contribution < 1.29 is 9.90 Å². The van der Waals surface area contributed by atoms with Crippen LogP contribution < -0.4 is 5.32 Å². The highest BCUT2D eigenvalue weighted by atomic mass is 79.9. The fourth-order valence-corrected chi connectivity index (χ4v) is 1.69. The highest BCUT2D eigenvalue weighted by molar-refractivity contribution is 9.10. The van der Waals surface area contributed by atoms with Crippen LogP contribution in [-0.2, 0) is 0 Å². The topological polar surface area (TPSA) is 49.3 Å². The SMILES string of the molecule is CCC(O)CNC(=O)c1cc(Br)ccc1Cl. The van der Waals surface area contributed by atoms with E-state index in [1.807, 2.05) is 6.92 Å². The number of aliphatic hydroxyl groups is 1. The molecule has 1 rings (SSSR count). The number of amides is 1. The molecule has 0 saturated heterocycles. The van der Waals surface area contributed by atoms with Crippen molar-refractivity contribution in [2.75, 3.05) is 6.54 Å². The number of aliphatic hydroxyl groups excluding tert-OH is 1. The van der Waals surface area contributed by atoms with Crippen LogP contribution in [0.4, 0.5) is 0 Å². The molecule has 88 valence electrons. The molecule has 5 heteroatoms. The molecule has 0 aromatic heterocycles. The predicted molar refractivity (Wildman–Crippen MR) is 67.8 cm³/mol. The van der Waals surface area contributed by atoms with Crippen LogP contribution in [-0.4, -0.2) is 23.7 Å². The fraction of sp³-hybridized carbons (Fsp3) is 0.364. The maximum Gasteiger partial charge on any atom is 0.252 e. The van der Waals surface area contributed by atoms with E-state index >= 15 is 0 Å². The van der Waals surface area contributed by atoms with Gasteiger partial charge in [-0.3, -0.25) is 4.79 Å². The molecule has 0 bridgehead atoms. The molecule has 0 spiro atoms. The summed E-state index contributed by atoms with van der Waals surface area (Å²) < 4.78 is 0.790. The van der Waals surface area contributed by atoms with E-state index < -0.39 is 6.10 Å². The molecular formula is C11H13BrClNO2. The van der Waals surface area contributed by atoms with Crippen molar-refractivity contribution in [2.24, 2.45) is 0 Å². The molecule has 0 aliphatic rings. The molecule has 0 fully saturated rings. The van der Waals surface area contributed by atoms with Crippen molar-refractivity contribution in [1.29, 1.82) is 0 Å². The molecule has 0 aliphatic heterocycles. The number of nitrogens with one attached hydrogen (secondary N) is 1. The first kappa shape index (κ1) is 13.5. The number of carbonyl (C=O) groups is 1. The van der Waals surface area contributed by atoms with Crippen molar-refractivity contribution in [3.8, 4) is 0 Å². The lowest BCUT2D eigenvalue weighted by Gasteiger charge is -2.10. The van der Waals surface area contributed by atoms with Gasteiger partial charge < -0.3 is 10.4 Å². The summed E-state index contributed by atoms with van der Waals surface area (Å²) in [6.07, 6.45) is 0.0850. The smallest absolute Gasteiger partial charge is 0.252 e. The first-order chi connectivity index (χ1) is 7.54. The van der Waals surface area contributed by atoms with E-state index in [0.717, 1.165) is 4.47 Å². The van der Waals surface area contributed by atoms with Gasteiger partial charge in [0.1, 0.15) is 0 Å².